The minimum atomic E-state index is -0.257. The molecular formula is C27H32N2O7. The average Bonchev–Trinajstić information content (AvgIpc) is 2.94. The number of fused-ring (bicyclic) bond motifs is 1. The van der Waals surface area contributed by atoms with E-state index >= 15 is 0 Å². The van der Waals surface area contributed by atoms with Gasteiger partial charge in [0, 0.05) is 31.7 Å². The quantitative estimate of drug-likeness (QED) is 0.583. The molecule has 0 saturated carbocycles. The molecule has 9 nitrogen and oxygen atoms in total. The number of carbonyl (C=O) groups is 2. The fourth-order valence-electron chi connectivity index (χ4n) is 4.71. The third-order valence-electron chi connectivity index (χ3n) is 6.70. The summed E-state index contributed by atoms with van der Waals surface area (Å²) in [7, 11) is 7.76. The predicted molar refractivity (Wildman–Crippen MR) is 134 cm³/mol. The van der Waals surface area contributed by atoms with Crippen LogP contribution in [0.15, 0.2) is 30.3 Å². The molecule has 1 aliphatic heterocycles. The maximum atomic E-state index is 13.3. The molecule has 0 spiro atoms. The van der Waals surface area contributed by atoms with Crippen molar-refractivity contribution < 1.29 is 33.3 Å². The Morgan fingerprint density at radius 1 is 0.722 bits per heavy atom. The van der Waals surface area contributed by atoms with E-state index in [-0.39, 0.29) is 17.7 Å². The minimum absolute atomic E-state index is 0.0616. The monoisotopic (exact) mass is 496 g/mol. The van der Waals surface area contributed by atoms with Gasteiger partial charge in [0.2, 0.25) is 11.7 Å². The van der Waals surface area contributed by atoms with Crippen molar-refractivity contribution in [2.24, 2.45) is 5.92 Å². The summed E-state index contributed by atoms with van der Waals surface area (Å²) in [6, 6.07) is 7.16. The third kappa shape index (κ3) is 4.78. The van der Waals surface area contributed by atoms with Gasteiger partial charge in [-0.1, -0.05) is 12.2 Å². The number of carbonyl (C=O) groups excluding carboxylic acids is 2. The average molecular weight is 497 g/mol. The van der Waals surface area contributed by atoms with Crippen LogP contribution in [0.4, 0.5) is 0 Å². The maximum Gasteiger partial charge on any atom is 0.254 e. The highest BCUT2D eigenvalue weighted by atomic mass is 16.5. The molecule has 2 aromatic rings. The first-order valence-corrected chi connectivity index (χ1v) is 11.7. The first-order valence-electron chi connectivity index (χ1n) is 11.7. The molecule has 36 heavy (non-hydrogen) atoms. The fourth-order valence-corrected chi connectivity index (χ4v) is 4.71. The number of amides is 2. The number of rotatable bonds is 7. The van der Waals surface area contributed by atoms with E-state index < -0.39 is 0 Å². The molecule has 0 aromatic heterocycles. The van der Waals surface area contributed by atoms with Crippen molar-refractivity contribution in [2.45, 2.75) is 6.42 Å². The molecule has 192 valence electrons. The molecule has 9 heteroatoms. The summed E-state index contributed by atoms with van der Waals surface area (Å²) >= 11 is 0. The lowest BCUT2D eigenvalue weighted by Gasteiger charge is -2.36. The number of ether oxygens (including phenoxy) is 5. The van der Waals surface area contributed by atoms with Crippen LogP contribution in [-0.4, -0.2) is 83.3 Å². The van der Waals surface area contributed by atoms with Crippen LogP contribution in [0.3, 0.4) is 0 Å². The summed E-state index contributed by atoms with van der Waals surface area (Å²) < 4.78 is 26.9. The molecule has 1 aliphatic carbocycles. The third-order valence-corrected chi connectivity index (χ3v) is 6.70. The van der Waals surface area contributed by atoms with Gasteiger partial charge >= 0.3 is 0 Å². The van der Waals surface area contributed by atoms with E-state index in [2.05, 4.69) is 0 Å². The lowest BCUT2D eigenvalue weighted by atomic mass is 9.88. The zero-order valence-corrected chi connectivity index (χ0v) is 21.3. The van der Waals surface area contributed by atoms with Crippen molar-refractivity contribution in [3.63, 3.8) is 0 Å². The van der Waals surface area contributed by atoms with Crippen molar-refractivity contribution >= 4 is 17.9 Å². The summed E-state index contributed by atoms with van der Waals surface area (Å²) in [5, 5.41) is 0. The lowest BCUT2D eigenvalue weighted by molar-refractivity contribution is -0.135. The van der Waals surface area contributed by atoms with E-state index in [1.807, 2.05) is 29.2 Å². The summed E-state index contributed by atoms with van der Waals surface area (Å²) in [5.74, 6) is 2.26. The minimum Gasteiger partial charge on any atom is -0.493 e. The second kappa shape index (κ2) is 10.8. The number of benzene rings is 2. The summed E-state index contributed by atoms with van der Waals surface area (Å²) in [6.45, 7) is 1.83. The fraction of sp³-hybridized carbons (Fsp3) is 0.407. The first kappa shape index (κ1) is 25.2. The highest BCUT2D eigenvalue weighted by Gasteiger charge is 2.31. The van der Waals surface area contributed by atoms with Crippen LogP contribution < -0.4 is 23.7 Å². The Balaban J connectivity index is 1.41. The second-order valence-electron chi connectivity index (χ2n) is 8.61. The van der Waals surface area contributed by atoms with Crippen molar-refractivity contribution in [1.82, 2.24) is 9.80 Å². The summed E-state index contributed by atoms with van der Waals surface area (Å²) in [6.07, 6.45) is 4.51. The van der Waals surface area contributed by atoms with Crippen molar-refractivity contribution in [3.05, 3.63) is 47.0 Å². The predicted octanol–water partition coefficient (Wildman–Crippen LogP) is 2.90. The largest absolute Gasteiger partial charge is 0.493 e. The molecule has 0 radical (unpaired) electrons. The Bertz CT molecular complexity index is 1140. The Kier molecular flexibility index (Phi) is 7.57. The summed E-state index contributed by atoms with van der Waals surface area (Å²) in [4.78, 5) is 30.1. The van der Waals surface area contributed by atoms with Crippen molar-refractivity contribution in [3.8, 4) is 28.7 Å². The van der Waals surface area contributed by atoms with Gasteiger partial charge in [-0.15, -0.1) is 0 Å². The van der Waals surface area contributed by atoms with Crippen LogP contribution in [0.1, 0.15) is 21.5 Å². The van der Waals surface area contributed by atoms with Gasteiger partial charge in [-0.2, -0.15) is 0 Å². The van der Waals surface area contributed by atoms with Crippen LogP contribution in [0.25, 0.3) is 6.08 Å². The topological polar surface area (TPSA) is 86.8 Å². The molecule has 1 saturated heterocycles. The number of piperazine rings is 1. The molecule has 0 N–H and O–H groups in total. The van der Waals surface area contributed by atoms with Gasteiger partial charge in [-0.3, -0.25) is 9.59 Å². The smallest absolute Gasteiger partial charge is 0.254 e. The van der Waals surface area contributed by atoms with Gasteiger partial charge in [0.25, 0.3) is 5.91 Å². The van der Waals surface area contributed by atoms with Crippen molar-refractivity contribution in [1.29, 1.82) is 0 Å². The molecule has 1 atom stereocenters. The van der Waals surface area contributed by atoms with Gasteiger partial charge in [-0.25, -0.2) is 0 Å². The Labute approximate surface area is 211 Å². The number of nitrogens with zero attached hydrogens (tertiary/aromatic N) is 2. The first-order chi connectivity index (χ1) is 17.4. The van der Waals surface area contributed by atoms with E-state index in [0.29, 0.717) is 66.9 Å². The molecule has 0 bridgehead atoms. The second-order valence-corrected chi connectivity index (χ2v) is 8.61. The molecule has 1 heterocycles. The number of hydrogen-bond donors (Lipinski definition) is 0. The summed E-state index contributed by atoms with van der Waals surface area (Å²) in [5.41, 5.74) is 2.52. The molecule has 2 amide bonds. The Morgan fingerprint density at radius 3 is 1.83 bits per heavy atom. The molecule has 2 aromatic carbocycles. The van der Waals surface area contributed by atoms with E-state index in [1.54, 1.807) is 31.3 Å². The lowest BCUT2D eigenvalue weighted by Crippen LogP contribution is -2.52. The number of methoxy groups -OCH3 is 5. The van der Waals surface area contributed by atoms with Crippen LogP contribution >= 0.6 is 0 Å². The number of hydrogen-bond acceptors (Lipinski definition) is 7. The van der Waals surface area contributed by atoms with Gasteiger partial charge in [0.05, 0.1) is 41.5 Å². The van der Waals surface area contributed by atoms with E-state index in [0.717, 1.165) is 11.1 Å². The highest BCUT2D eigenvalue weighted by molar-refractivity contribution is 5.96. The molecular weight excluding hydrogens is 464 g/mol. The zero-order valence-electron chi connectivity index (χ0n) is 21.3. The standard InChI is InChI=1S/C27H32N2O7/c1-32-21-13-17-6-7-18(12-19(17)14-22(21)33-2)26(30)28-8-10-29(11-9-28)27(31)20-15-23(34-3)25(36-5)24(16-20)35-4/h6-7,13-16,18H,8-12H2,1-5H3. The van der Waals surface area contributed by atoms with E-state index in [1.165, 1.54) is 21.3 Å². The van der Waals surface area contributed by atoms with E-state index in [4.69, 9.17) is 23.7 Å². The molecule has 2 aliphatic rings. The Hall–Kier alpha value is -3.88. The zero-order chi connectivity index (χ0) is 25.8. The molecule has 4 rings (SSSR count). The van der Waals surface area contributed by atoms with Crippen LogP contribution in [0.5, 0.6) is 28.7 Å². The van der Waals surface area contributed by atoms with Gasteiger partial charge < -0.3 is 33.5 Å². The molecule has 1 unspecified atom stereocenters. The Morgan fingerprint density at radius 2 is 1.28 bits per heavy atom. The normalized spacial score (nSPS) is 16.8. The SMILES string of the molecule is COc1cc2c(cc1OC)CC(C(=O)N1CCN(C(=O)c3cc(OC)c(OC)c(OC)c3)CC1)C=C2. The van der Waals surface area contributed by atoms with Crippen LogP contribution in [0, 0.1) is 5.92 Å². The van der Waals surface area contributed by atoms with Gasteiger partial charge in [-0.05, 0) is 41.8 Å². The van der Waals surface area contributed by atoms with Gasteiger partial charge in [0.1, 0.15) is 0 Å². The highest BCUT2D eigenvalue weighted by Crippen LogP contribution is 2.39. The molecule has 1 fully saturated rings. The maximum absolute atomic E-state index is 13.3. The van der Waals surface area contributed by atoms with Crippen LogP contribution in [-0.2, 0) is 11.2 Å². The van der Waals surface area contributed by atoms with Gasteiger partial charge in [0.15, 0.2) is 23.0 Å². The van der Waals surface area contributed by atoms with E-state index in [9.17, 15) is 9.59 Å². The van der Waals surface area contributed by atoms with Crippen molar-refractivity contribution in [2.75, 3.05) is 61.7 Å². The van der Waals surface area contributed by atoms with Crippen LogP contribution in [0.2, 0.25) is 0 Å².